The van der Waals surface area contributed by atoms with Crippen LogP contribution in [0.25, 0.3) is 0 Å². The summed E-state index contributed by atoms with van der Waals surface area (Å²) in [4.78, 5) is 24.1. The van der Waals surface area contributed by atoms with E-state index < -0.39 is 5.97 Å². The molecule has 0 heterocycles. The second-order valence-corrected chi connectivity index (χ2v) is 10.2. The SMILES string of the molecule is CCOC(=O)CC(=O)Nc1cc(Br)c(Oc2ccc(OCc3ccccc3)c(C(C)C)c2)c2c1CCC2. The zero-order chi connectivity index (χ0) is 26.4. The number of carbonyl (C=O) groups is 2. The van der Waals surface area contributed by atoms with Gasteiger partial charge >= 0.3 is 5.97 Å². The topological polar surface area (TPSA) is 73.9 Å². The van der Waals surface area contributed by atoms with E-state index in [0.29, 0.717) is 12.3 Å². The van der Waals surface area contributed by atoms with Gasteiger partial charge in [-0.2, -0.15) is 0 Å². The number of hydrogen-bond donors (Lipinski definition) is 1. The molecule has 1 amide bonds. The maximum Gasteiger partial charge on any atom is 0.315 e. The standard InChI is InChI=1S/C30H32BrNO5/c1-4-35-29(34)17-28(33)32-26-16-25(31)30(23-12-8-11-22(23)26)37-21-13-14-27(24(15-21)19(2)3)36-18-20-9-6-5-7-10-20/h5-7,9-10,13-16,19H,4,8,11-12,17-18H2,1-3H3,(H,32,33). The van der Waals surface area contributed by atoms with Gasteiger partial charge in [0.15, 0.2) is 0 Å². The molecule has 7 heteroatoms. The Morgan fingerprint density at radius 1 is 1.03 bits per heavy atom. The Labute approximate surface area is 226 Å². The van der Waals surface area contributed by atoms with Gasteiger partial charge in [-0.1, -0.05) is 44.2 Å². The Hall–Kier alpha value is -3.32. The largest absolute Gasteiger partial charge is 0.489 e. The van der Waals surface area contributed by atoms with Crippen LogP contribution in [0, 0.1) is 0 Å². The lowest BCUT2D eigenvalue weighted by molar-refractivity contribution is -0.145. The molecule has 0 aromatic heterocycles. The molecule has 4 rings (SSSR count). The van der Waals surface area contributed by atoms with E-state index in [0.717, 1.165) is 63.2 Å². The summed E-state index contributed by atoms with van der Waals surface area (Å²) in [6.07, 6.45) is 2.33. The van der Waals surface area contributed by atoms with Crippen LogP contribution >= 0.6 is 15.9 Å². The van der Waals surface area contributed by atoms with E-state index in [-0.39, 0.29) is 24.9 Å². The second kappa shape index (κ2) is 12.3. The lowest BCUT2D eigenvalue weighted by Gasteiger charge is -2.19. The Morgan fingerprint density at radius 2 is 1.78 bits per heavy atom. The van der Waals surface area contributed by atoms with Crippen molar-refractivity contribution in [1.29, 1.82) is 0 Å². The number of carbonyl (C=O) groups excluding carboxylic acids is 2. The predicted octanol–water partition coefficient (Wildman–Crippen LogP) is 7.32. The molecule has 1 aliphatic carbocycles. The van der Waals surface area contributed by atoms with Gasteiger partial charge < -0.3 is 19.5 Å². The number of halogens is 1. The van der Waals surface area contributed by atoms with Gasteiger partial charge in [0.1, 0.15) is 30.3 Å². The fourth-order valence-electron chi connectivity index (χ4n) is 4.50. The molecule has 0 radical (unpaired) electrons. The summed E-state index contributed by atoms with van der Waals surface area (Å²) < 4.78 is 18.2. The predicted molar refractivity (Wildman–Crippen MR) is 147 cm³/mol. The fourth-order valence-corrected chi connectivity index (χ4v) is 5.05. The third-order valence-corrected chi connectivity index (χ3v) is 6.84. The lowest BCUT2D eigenvalue weighted by atomic mass is 10.0. The first-order valence-corrected chi connectivity index (χ1v) is 13.4. The van der Waals surface area contributed by atoms with Crippen molar-refractivity contribution in [2.45, 2.75) is 59.0 Å². The molecule has 0 atom stereocenters. The smallest absolute Gasteiger partial charge is 0.315 e. The van der Waals surface area contributed by atoms with E-state index in [1.165, 1.54) is 0 Å². The summed E-state index contributed by atoms with van der Waals surface area (Å²) in [6.45, 7) is 6.74. The number of esters is 1. The molecule has 194 valence electrons. The molecule has 0 aliphatic heterocycles. The molecule has 0 unspecified atom stereocenters. The molecular formula is C30H32BrNO5. The average Bonchev–Trinajstić information content (AvgIpc) is 3.36. The van der Waals surface area contributed by atoms with Crippen LogP contribution in [0.2, 0.25) is 0 Å². The monoisotopic (exact) mass is 565 g/mol. The molecular weight excluding hydrogens is 534 g/mol. The van der Waals surface area contributed by atoms with E-state index >= 15 is 0 Å². The van der Waals surface area contributed by atoms with Crippen LogP contribution in [0.1, 0.15) is 61.8 Å². The molecule has 3 aromatic carbocycles. The molecule has 0 saturated heterocycles. The number of amides is 1. The van der Waals surface area contributed by atoms with E-state index in [1.807, 2.05) is 54.6 Å². The molecule has 6 nitrogen and oxygen atoms in total. The number of rotatable bonds is 10. The zero-order valence-corrected chi connectivity index (χ0v) is 23.0. The number of hydrogen-bond acceptors (Lipinski definition) is 5. The number of nitrogens with one attached hydrogen (secondary N) is 1. The molecule has 0 spiro atoms. The lowest BCUT2D eigenvalue weighted by Crippen LogP contribution is -2.19. The minimum Gasteiger partial charge on any atom is -0.489 e. The van der Waals surface area contributed by atoms with Gasteiger partial charge in [0.25, 0.3) is 0 Å². The quantitative estimate of drug-likeness (QED) is 0.206. The van der Waals surface area contributed by atoms with E-state index in [9.17, 15) is 9.59 Å². The second-order valence-electron chi connectivity index (χ2n) is 9.31. The summed E-state index contributed by atoms with van der Waals surface area (Å²) in [6, 6.07) is 17.9. The number of benzene rings is 3. The van der Waals surface area contributed by atoms with Crippen molar-refractivity contribution >= 4 is 33.5 Å². The first kappa shape index (κ1) is 26.7. The van der Waals surface area contributed by atoms with Gasteiger partial charge in [-0.05, 0) is 83.4 Å². The van der Waals surface area contributed by atoms with Gasteiger partial charge in [0.2, 0.25) is 5.91 Å². The van der Waals surface area contributed by atoms with Gasteiger partial charge in [0.05, 0.1) is 11.1 Å². The highest BCUT2D eigenvalue weighted by Crippen LogP contribution is 2.44. The minimum absolute atomic E-state index is 0.248. The summed E-state index contributed by atoms with van der Waals surface area (Å²) in [7, 11) is 0. The van der Waals surface area contributed by atoms with Crippen molar-refractivity contribution in [1.82, 2.24) is 0 Å². The van der Waals surface area contributed by atoms with Crippen LogP contribution in [0.3, 0.4) is 0 Å². The maximum atomic E-state index is 12.4. The van der Waals surface area contributed by atoms with Gasteiger partial charge in [-0.15, -0.1) is 0 Å². The average molecular weight is 566 g/mol. The molecule has 37 heavy (non-hydrogen) atoms. The number of anilines is 1. The summed E-state index contributed by atoms with van der Waals surface area (Å²) in [5.41, 5.74) is 5.00. The van der Waals surface area contributed by atoms with Crippen LogP contribution in [0.4, 0.5) is 5.69 Å². The molecule has 0 fully saturated rings. The highest BCUT2D eigenvalue weighted by Gasteiger charge is 2.25. The highest BCUT2D eigenvalue weighted by atomic mass is 79.9. The highest BCUT2D eigenvalue weighted by molar-refractivity contribution is 9.10. The van der Waals surface area contributed by atoms with Crippen LogP contribution in [0.5, 0.6) is 17.2 Å². The van der Waals surface area contributed by atoms with Gasteiger partial charge in [-0.25, -0.2) is 0 Å². The zero-order valence-electron chi connectivity index (χ0n) is 21.4. The van der Waals surface area contributed by atoms with Crippen molar-refractivity contribution in [3.05, 3.63) is 81.3 Å². The third-order valence-electron chi connectivity index (χ3n) is 6.25. The van der Waals surface area contributed by atoms with Crippen LogP contribution in [0.15, 0.2) is 59.1 Å². The van der Waals surface area contributed by atoms with Crippen molar-refractivity contribution in [3.8, 4) is 17.2 Å². The summed E-state index contributed by atoms with van der Waals surface area (Å²) in [5.74, 6) is 1.65. The molecule has 0 saturated carbocycles. The van der Waals surface area contributed by atoms with Gasteiger partial charge in [0, 0.05) is 16.8 Å². The van der Waals surface area contributed by atoms with Crippen molar-refractivity contribution in [2.75, 3.05) is 11.9 Å². The molecule has 1 aliphatic rings. The molecule has 3 aromatic rings. The Kier molecular flexibility index (Phi) is 8.87. The molecule has 1 N–H and O–H groups in total. The van der Waals surface area contributed by atoms with Crippen LogP contribution in [-0.2, 0) is 33.8 Å². The number of ether oxygens (including phenoxy) is 3. The van der Waals surface area contributed by atoms with Crippen LogP contribution < -0.4 is 14.8 Å². The van der Waals surface area contributed by atoms with E-state index in [4.69, 9.17) is 14.2 Å². The third kappa shape index (κ3) is 6.72. The summed E-state index contributed by atoms with van der Waals surface area (Å²) >= 11 is 3.64. The number of fused-ring (bicyclic) bond motifs is 1. The van der Waals surface area contributed by atoms with Crippen molar-refractivity contribution < 1.29 is 23.8 Å². The fraction of sp³-hybridized carbons (Fsp3) is 0.333. The maximum absolute atomic E-state index is 12.4. The normalized spacial score (nSPS) is 12.2. The first-order valence-electron chi connectivity index (χ1n) is 12.6. The van der Waals surface area contributed by atoms with Gasteiger partial charge in [-0.3, -0.25) is 9.59 Å². The Morgan fingerprint density at radius 3 is 2.51 bits per heavy atom. The van der Waals surface area contributed by atoms with Crippen molar-refractivity contribution in [3.63, 3.8) is 0 Å². The summed E-state index contributed by atoms with van der Waals surface area (Å²) in [5, 5.41) is 2.88. The Bertz CT molecular complexity index is 1270. The molecule has 0 bridgehead atoms. The minimum atomic E-state index is -0.534. The van der Waals surface area contributed by atoms with Crippen molar-refractivity contribution in [2.24, 2.45) is 0 Å². The van der Waals surface area contributed by atoms with Crippen LogP contribution in [-0.4, -0.2) is 18.5 Å². The van der Waals surface area contributed by atoms with E-state index in [1.54, 1.807) is 6.92 Å². The first-order chi connectivity index (χ1) is 17.9. The Balaban J connectivity index is 1.54. The van der Waals surface area contributed by atoms with E-state index in [2.05, 4.69) is 35.1 Å².